The molecule has 1 rings (SSSR count). The average Bonchev–Trinajstić information content (AvgIpc) is 2.50. The maximum Gasteiger partial charge on any atom is 0.132 e. The topological polar surface area (TPSA) is 55.0 Å². The lowest BCUT2D eigenvalue weighted by Gasteiger charge is -2.25. The Morgan fingerprint density at radius 1 is 1.40 bits per heavy atom. The van der Waals surface area contributed by atoms with Crippen molar-refractivity contribution in [3.63, 3.8) is 0 Å². The fourth-order valence-electron chi connectivity index (χ4n) is 1.58. The first kappa shape index (κ1) is 12.4. The van der Waals surface area contributed by atoms with Gasteiger partial charge in [-0.2, -0.15) is 0 Å². The van der Waals surface area contributed by atoms with Gasteiger partial charge < -0.3 is 5.73 Å². The molecule has 15 heavy (non-hydrogen) atoms. The summed E-state index contributed by atoms with van der Waals surface area (Å²) in [6.45, 7) is 7.50. The van der Waals surface area contributed by atoms with Crippen molar-refractivity contribution in [2.75, 3.05) is 12.8 Å². The quantitative estimate of drug-likeness (QED) is 0.837. The zero-order valence-corrected chi connectivity index (χ0v) is 10.7. The lowest BCUT2D eigenvalue weighted by molar-refractivity contribution is 0.218. The second-order valence-corrected chi connectivity index (χ2v) is 5.26. The number of nitrogens with two attached hydrogens (primary N) is 1. The third-order valence-corrected chi connectivity index (χ3v) is 3.14. The van der Waals surface area contributed by atoms with E-state index in [1.54, 1.807) is 0 Å². The van der Waals surface area contributed by atoms with E-state index in [0.29, 0.717) is 12.0 Å². The number of aromatic nitrogens is 2. The summed E-state index contributed by atoms with van der Waals surface area (Å²) in [5, 5.41) is 4.75. The molecule has 1 aromatic heterocycles. The third kappa shape index (κ3) is 3.76. The molecule has 1 atom stereocenters. The van der Waals surface area contributed by atoms with E-state index in [1.165, 1.54) is 18.0 Å². The predicted octanol–water partition coefficient (Wildman–Crippen LogP) is 1.99. The molecule has 0 amide bonds. The number of nitrogens with zero attached hydrogens (tertiary/aromatic N) is 3. The molecule has 1 aromatic rings. The van der Waals surface area contributed by atoms with Crippen LogP contribution in [0.3, 0.4) is 0 Å². The Bertz CT molecular complexity index is 297. The Morgan fingerprint density at radius 2 is 2.07 bits per heavy atom. The van der Waals surface area contributed by atoms with Gasteiger partial charge in [-0.3, -0.25) is 4.90 Å². The Hall–Kier alpha value is -0.680. The molecule has 0 spiro atoms. The smallest absolute Gasteiger partial charge is 0.132 e. The molecule has 5 heteroatoms. The van der Waals surface area contributed by atoms with Gasteiger partial charge in [0, 0.05) is 24.1 Å². The summed E-state index contributed by atoms with van der Waals surface area (Å²) in [4.78, 5) is 2.27. The Labute approximate surface area is 95.6 Å². The molecule has 0 fully saturated rings. The van der Waals surface area contributed by atoms with E-state index in [2.05, 4.69) is 42.3 Å². The van der Waals surface area contributed by atoms with Gasteiger partial charge in [0.05, 0.1) is 0 Å². The lowest BCUT2D eigenvalue weighted by Crippen LogP contribution is -2.30. The summed E-state index contributed by atoms with van der Waals surface area (Å²) in [6, 6.07) is 0.547. The monoisotopic (exact) mass is 228 g/mol. The van der Waals surface area contributed by atoms with Crippen LogP contribution in [0.2, 0.25) is 0 Å². The molecule has 0 saturated heterocycles. The number of hydrogen-bond acceptors (Lipinski definition) is 5. The Balaban J connectivity index is 2.48. The van der Waals surface area contributed by atoms with Gasteiger partial charge in [0.15, 0.2) is 0 Å². The lowest BCUT2D eigenvalue weighted by atomic mass is 10.0. The van der Waals surface area contributed by atoms with Gasteiger partial charge in [-0.1, -0.05) is 18.3 Å². The zero-order chi connectivity index (χ0) is 11.4. The van der Waals surface area contributed by atoms with E-state index in [9.17, 15) is 0 Å². The van der Waals surface area contributed by atoms with Gasteiger partial charge >= 0.3 is 0 Å². The molecule has 0 radical (unpaired) electrons. The number of nitrogen functional groups attached to an aromatic ring is 1. The van der Waals surface area contributed by atoms with Crippen molar-refractivity contribution in [3.05, 3.63) is 5.69 Å². The van der Waals surface area contributed by atoms with Crippen molar-refractivity contribution in [1.82, 2.24) is 14.5 Å². The molecule has 0 aromatic carbocycles. The summed E-state index contributed by atoms with van der Waals surface area (Å²) in [7, 11) is 2.10. The molecule has 86 valence electrons. The third-order valence-electron chi connectivity index (χ3n) is 2.55. The molecular weight excluding hydrogens is 208 g/mol. The summed E-state index contributed by atoms with van der Waals surface area (Å²) in [5.41, 5.74) is 6.66. The summed E-state index contributed by atoms with van der Waals surface area (Å²) in [5.74, 6) is 0.716. The van der Waals surface area contributed by atoms with E-state index in [-0.39, 0.29) is 0 Å². The van der Waals surface area contributed by atoms with E-state index in [4.69, 9.17) is 5.73 Å². The van der Waals surface area contributed by atoms with Crippen LogP contribution in [-0.4, -0.2) is 27.6 Å². The molecule has 1 heterocycles. The van der Waals surface area contributed by atoms with Crippen LogP contribution >= 0.6 is 11.5 Å². The maximum absolute atomic E-state index is 5.76. The SMILES string of the molecule is CC(C)CC(C)N(C)Cc1nnsc1N. The highest BCUT2D eigenvalue weighted by atomic mass is 32.1. The van der Waals surface area contributed by atoms with Gasteiger partial charge in [-0.15, -0.1) is 5.10 Å². The molecular formula is C10H20N4S. The van der Waals surface area contributed by atoms with Crippen LogP contribution in [0.15, 0.2) is 0 Å². The maximum atomic E-state index is 5.76. The Morgan fingerprint density at radius 3 is 2.53 bits per heavy atom. The summed E-state index contributed by atoms with van der Waals surface area (Å²) < 4.78 is 3.84. The van der Waals surface area contributed by atoms with Crippen molar-refractivity contribution in [2.24, 2.45) is 5.92 Å². The molecule has 1 unspecified atom stereocenters. The highest BCUT2D eigenvalue weighted by molar-refractivity contribution is 7.09. The minimum absolute atomic E-state index is 0.547. The van der Waals surface area contributed by atoms with Crippen LogP contribution in [-0.2, 0) is 6.54 Å². The standard InChI is InChI=1S/C10H20N4S/c1-7(2)5-8(3)14(4)6-9-10(11)15-13-12-9/h7-8H,5-6,11H2,1-4H3. The zero-order valence-electron chi connectivity index (χ0n) is 9.90. The first-order valence-corrected chi connectivity index (χ1v) is 6.05. The highest BCUT2D eigenvalue weighted by Crippen LogP contribution is 2.17. The van der Waals surface area contributed by atoms with Crippen molar-refractivity contribution in [3.8, 4) is 0 Å². The van der Waals surface area contributed by atoms with Crippen molar-refractivity contribution in [1.29, 1.82) is 0 Å². The van der Waals surface area contributed by atoms with Gasteiger partial charge in [0.2, 0.25) is 0 Å². The van der Waals surface area contributed by atoms with Gasteiger partial charge in [0.25, 0.3) is 0 Å². The first-order valence-electron chi connectivity index (χ1n) is 5.27. The fourth-order valence-corrected chi connectivity index (χ4v) is 2.02. The highest BCUT2D eigenvalue weighted by Gasteiger charge is 2.14. The molecule has 0 aliphatic heterocycles. The number of rotatable bonds is 5. The second-order valence-electron chi connectivity index (χ2n) is 4.48. The van der Waals surface area contributed by atoms with Crippen LogP contribution in [0, 0.1) is 5.92 Å². The van der Waals surface area contributed by atoms with E-state index >= 15 is 0 Å². The average molecular weight is 228 g/mol. The minimum atomic E-state index is 0.547. The fraction of sp³-hybridized carbons (Fsp3) is 0.800. The van der Waals surface area contributed by atoms with Crippen molar-refractivity contribution >= 4 is 16.5 Å². The van der Waals surface area contributed by atoms with Crippen LogP contribution < -0.4 is 5.73 Å². The van der Waals surface area contributed by atoms with E-state index in [0.717, 1.165) is 17.2 Å². The van der Waals surface area contributed by atoms with Gasteiger partial charge in [0.1, 0.15) is 10.7 Å². The van der Waals surface area contributed by atoms with Crippen molar-refractivity contribution in [2.45, 2.75) is 39.8 Å². The predicted molar refractivity (Wildman–Crippen MR) is 64.7 cm³/mol. The normalized spacial score (nSPS) is 13.7. The van der Waals surface area contributed by atoms with Crippen LogP contribution in [0.1, 0.15) is 32.9 Å². The molecule has 0 bridgehead atoms. The molecule has 0 saturated carbocycles. The number of hydrogen-bond donors (Lipinski definition) is 1. The number of anilines is 1. The van der Waals surface area contributed by atoms with Crippen molar-refractivity contribution < 1.29 is 0 Å². The van der Waals surface area contributed by atoms with Gasteiger partial charge in [-0.25, -0.2) is 0 Å². The van der Waals surface area contributed by atoms with E-state index in [1.807, 2.05) is 0 Å². The van der Waals surface area contributed by atoms with Gasteiger partial charge in [-0.05, 0) is 26.3 Å². The summed E-state index contributed by atoms with van der Waals surface area (Å²) in [6.07, 6.45) is 1.19. The second kappa shape index (κ2) is 5.42. The Kier molecular flexibility index (Phi) is 4.47. The molecule has 0 aliphatic rings. The van der Waals surface area contributed by atoms with Crippen LogP contribution in [0.5, 0.6) is 0 Å². The van der Waals surface area contributed by atoms with Crippen LogP contribution in [0.25, 0.3) is 0 Å². The molecule has 0 aliphatic carbocycles. The first-order chi connectivity index (χ1) is 7.00. The van der Waals surface area contributed by atoms with Crippen LogP contribution in [0.4, 0.5) is 5.00 Å². The summed E-state index contributed by atoms with van der Waals surface area (Å²) >= 11 is 1.26. The molecule has 4 nitrogen and oxygen atoms in total. The largest absolute Gasteiger partial charge is 0.388 e. The van der Waals surface area contributed by atoms with E-state index < -0.39 is 0 Å². The minimum Gasteiger partial charge on any atom is -0.388 e. The molecule has 2 N–H and O–H groups in total.